The van der Waals surface area contributed by atoms with E-state index in [1.807, 2.05) is 0 Å². The van der Waals surface area contributed by atoms with Crippen LogP contribution in [0.2, 0.25) is 0 Å². The Morgan fingerprint density at radius 3 is 2.50 bits per heavy atom. The number of ether oxygens (including phenoxy) is 1. The number of esters is 1. The van der Waals surface area contributed by atoms with Crippen LogP contribution in [0.4, 0.5) is 8.78 Å². The zero-order chi connectivity index (χ0) is 8.15. The summed E-state index contributed by atoms with van der Waals surface area (Å²) >= 11 is 0. The van der Waals surface area contributed by atoms with Crippen molar-refractivity contribution in [2.75, 3.05) is 7.11 Å². The average molecular weight is 151 g/mol. The molecule has 0 bridgehead atoms. The minimum atomic E-state index is -2.81. The van der Waals surface area contributed by atoms with Crippen LogP contribution in [0.15, 0.2) is 11.8 Å². The van der Waals surface area contributed by atoms with Gasteiger partial charge in [0.25, 0.3) is 6.43 Å². The Bertz CT molecular complexity index is 156. The fourth-order valence-corrected chi connectivity index (χ4v) is 0.258. The van der Waals surface area contributed by atoms with Gasteiger partial charge in [-0.25, -0.2) is 13.6 Å². The Hall–Kier alpha value is -1.13. The van der Waals surface area contributed by atoms with E-state index in [-0.39, 0.29) is 0 Å². The molecule has 0 saturated heterocycles. The molecule has 0 atom stereocenters. The summed E-state index contributed by atoms with van der Waals surface area (Å²) in [5.74, 6) is -0.877. The van der Waals surface area contributed by atoms with Crippen LogP contribution in [0.3, 0.4) is 0 Å². The summed E-state index contributed by atoms with van der Waals surface area (Å²) in [7, 11) is 1.08. The van der Waals surface area contributed by atoms with Gasteiger partial charge in [0, 0.05) is 6.08 Å². The Balaban J connectivity index is 4.03. The number of alkyl halides is 2. The highest BCUT2D eigenvalue weighted by Crippen LogP contribution is 2.00. The molecule has 0 amide bonds. The van der Waals surface area contributed by atoms with E-state index in [9.17, 15) is 13.6 Å². The van der Waals surface area contributed by atoms with E-state index in [0.29, 0.717) is 6.08 Å². The maximum atomic E-state index is 11.5. The molecule has 0 fully saturated rings. The van der Waals surface area contributed by atoms with Crippen molar-refractivity contribution in [3.8, 4) is 0 Å². The van der Waals surface area contributed by atoms with E-state index in [1.165, 1.54) is 0 Å². The van der Waals surface area contributed by atoms with Gasteiger partial charge in [-0.05, 0) is 0 Å². The molecule has 0 aliphatic rings. The van der Waals surface area contributed by atoms with E-state index in [2.05, 4.69) is 4.74 Å². The second kappa shape index (κ2) is 3.81. The van der Waals surface area contributed by atoms with E-state index >= 15 is 0 Å². The smallest absolute Gasteiger partial charge is 0.332 e. The minimum absolute atomic E-state index is 0.546. The molecular formula is C5H7F2NO2. The molecule has 0 radical (unpaired) electrons. The van der Waals surface area contributed by atoms with Gasteiger partial charge >= 0.3 is 5.97 Å². The number of hydrogen-bond acceptors (Lipinski definition) is 3. The number of nitrogens with two attached hydrogens (primary N) is 1. The zero-order valence-electron chi connectivity index (χ0n) is 5.30. The molecule has 0 aliphatic heterocycles. The van der Waals surface area contributed by atoms with Gasteiger partial charge in [-0.2, -0.15) is 0 Å². The molecule has 0 unspecified atom stereocenters. The molecule has 58 valence electrons. The predicted octanol–water partition coefficient (Wildman–Crippen LogP) is 0.267. The van der Waals surface area contributed by atoms with Crippen molar-refractivity contribution < 1.29 is 18.3 Å². The van der Waals surface area contributed by atoms with Crippen LogP contribution < -0.4 is 5.73 Å². The highest BCUT2D eigenvalue weighted by Gasteiger charge is 2.07. The maximum absolute atomic E-state index is 11.5. The number of allylic oxidation sites excluding steroid dienone is 1. The lowest BCUT2D eigenvalue weighted by Gasteiger charge is -1.96. The molecule has 3 nitrogen and oxygen atoms in total. The molecule has 0 saturated carbocycles. The van der Waals surface area contributed by atoms with Gasteiger partial charge < -0.3 is 10.5 Å². The van der Waals surface area contributed by atoms with Crippen LogP contribution in [-0.2, 0) is 9.53 Å². The molecule has 0 aromatic rings. The maximum Gasteiger partial charge on any atom is 0.332 e. The SMILES string of the molecule is COC(=O)/C=C(\N)C(F)F. The largest absolute Gasteiger partial charge is 0.466 e. The molecule has 5 heteroatoms. The first-order chi connectivity index (χ1) is 4.57. The Kier molecular flexibility index (Phi) is 3.38. The van der Waals surface area contributed by atoms with Gasteiger partial charge in [-0.15, -0.1) is 0 Å². The van der Waals surface area contributed by atoms with E-state index < -0.39 is 18.1 Å². The summed E-state index contributed by atoms with van der Waals surface area (Å²) in [6.07, 6.45) is -2.26. The summed E-state index contributed by atoms with van der Waals surface area (Å²) in [6, 6.07) is 0. The summed E-state index contributed by atoms with van der Waals surface area (Å²) in [5.41, 5.74) is 3.92. The number of rotatable bonds is 2. The van der Waals surface area contributed by atoms with Crippen LogP contribution in [0.25, 0.3) is 0 Å². The third kappa shape index (κ3) is 3.01. The number of methoxy groups -OCH3 is 1. The Morgan fingerprint density at radius 1 is 1.70 bits per heavy atom. The molecule has 0 aromatic carbocycles. The van der Waals surface area contributed by atoms with Crippen molar-refractivity contribution in [2.45, 2.75) is 6.43 Å². The van der Waals surface area contributed by atoms with Crippen molar-refractivity contribution in [1.82, 2.24) is 0 Å². The second-order valence-corrected chi connectivity index (χ2v) is 1.47. The van der Waals surface area contributed by atoms with Crippen molar-refractivity contribution in [3.05, 3.63) is 11.8 Å². The van der Waals surface area contributed by atoms with Gasteiger partial charge in [-0.3, -0.25) is 0 Å². The monoisotopic (exact) mass is 151 g/mol. The first-order valence-corrected chi connectivity index (χ1v) is 2.41. The third-order valence-electron chi connectivity index (χ3n) is 0.738. The highest BCUT2D eigenvalue weighted by molar-refractivity contribution is 5.82. The van der Waals surface area contributed by atoms with Gasteiger partial charge in [0.05, 0.1) is 12.8 Å². The van der Waals surface area contributed by atoms with E-state index in [1.54, 1.807) is 0 Å². The average Bonchev–Trinajstić information content (AvgIpc) is 1.87. The molecule has 2 N–H and O–H groups in total. The fourth-order valence-electron chi connectivity index (χ4n) is 0.258. The Labute approximate surface area is 56.5 Å². The van der Waals surface area contributed by atoms with Crippen molar-refractivity contribution in [1.29, 1.82) is 0 Å². The minimum Gasteiger partial charge on any atom is -0.466 e. The van der Waals surface area contributed by atoms with Gasteiger partial charge in [0.15, 0.2) is 0 Å². The van der Waals surface area contributed by atoms with Crippen LogP contribution in [0.5, 0.6) is 0 Å². The number of carbonyl (C=O) groups is 1. The number of hydrogen-bond donors (Lipinski definition) is 1. The lowest BCUT2D eigenvalue weighted by atomic mass is 10.4. The lowest BCUT2D eigenvalue weighted by molar-refractivity contribution is -0.135. The third-order valence-corrected chi connectivity index (χ3v) is 0.738. The lowest BCUT2D eigenvalue weighted by Crippen LogP contribution is -2.10. The van der Waals surface area contributed by atoms with E-state index in [0.717, 1.165) is 7.11 Å². The standard InChI is InChI=1S/C5H7F2NO2/c1-10-4(9)2-3(8)5(6)7/h2,5H,8H2,1H3/b3-2-. The summed E-state index contributed by atoms with van der Waals surface area (Å²) in [4.78, 5) is 10.2. The van der Waals surface area contributed by atoms with Gasteiger partial charge in [0.1, 0.15) is 0 Å². The number of carbonyl (C=O) groups excluding carboxylic acids is 1. The van der Waals surface area contributed by atoms with Crippen molar-refractivity contribution in [3.63, 3.8) is 0 Å². The molecule has 0 aliphatic carbocycles. The van der Waals surface area contributed by atoms with Crippen molar-refractivity contribution >= 4 is 5.97 Å². The summed E-state index contributed by atoms with van der Waals surface area (Å²) < 4.78 is 27.1. The molecule has 10 heavy (non-hydrogen) atoms. The molecular weight excluding hydrogens is 144 g/mol. The predicted molar refractivity (Wildman–Crippen MR) is 30.3 cm³/mol. The van der Waals surface area contributed by atoms with E-state index in [4.69, 9.17) is 5.73 Å². The first kappa shape index (κ1) is 8.87. The molecule has 0 spiro atoms. The quantitative estimate of drug-likeness (QED) is 0.455. The Morgan fingerprint density at radius 2 is 2.20 bits per heavy atom. The molecule has 0 aromatic heterocycles. The van der Waals surface area contributed by atoms with Crippen LogP contribution in [0, 0.1) is 0 Å². The topological polar surface area (TPSA) is 52.3 Å². The molecule has 0 rings (SSSR count). The first-order valence-electron chi connectivity index (χ1n) is 2.41. The van der Waals surface area contributed by atoms with Crippen molar-refractivity contribution in [2.24, 2.45) is 5.73 Å². The van der Waals surface area contributed by atoms with Gasteiger partial charge in [-0.1, -0.05) is 0 Å². The van der Waals surface area contributed by atoms with Crippen LogP contribution in [0.1, 0.15) is 0 Å². The number of halogens is 2. The summed E-state index contributed by atoms with van der Waals surface area (Å²) in [6.45, 7) is 0. The second-order valence-electron chi connectivity index (χ2n) is 1.47. The molecule has 0 heterocycles. The highest BCUT2D eigenvalue weighted by atomic mass is 19.3. The normalized spacial score (nSPS) is 11.8. The van der Waals surface area contributed by atoms with Gasteiger partial charge in [0.2, 0.25) is 0 Å². The van der Waals surface area contributed by atoms with Crippen LogP contribution >= 0.6 is 0 Å². The fraction of sp³-hybridized carbons (Fsp3) is 0.400. The summed E-state index contributed by atoms with van der Waals surface area (Å²) in [5, 5.41) is 0. The van der Waals surface area contributed by atoms with Crippen LogP contribution in [-0.4, -0.2) is 19.5 Å². The zero-order valence-corrected chi connectivity index (χ0v) is 5.30.